The van der Waals surface area contributed by atoms with Crippen LogP contribution in [0, 0.1) is 11.3 Å². The fraction of sp³-hybridized carbons (Fsp3) is 0.423. The van der Waals surface area contributed by atoms with Gasteiger partial charge in [-0.05, 0) is 67.8 Å². The molecule has 2 aromatic heterocycles. The highest BCUT2D eigenvalue weighted by atomic mass is 16.3. The number of likely N-dealkylation sites (tertiary alicyclic amines) is 1. The highest BCUT2D eigenvalue weighted by Gasteiger charge is 2.15. The predicted octanol–water partition coefficient (Wildman–Crippen LogP) is 2.77. The number of aromatic nitrogens is 2. The van der Waals surface area contributed by atoms with E-state index < -0.39 is 0 Å². The minimum atomic E-state index is -0.140. The first-order valence-electron chi connectivity index (χ1n) is 12.2. The van der Waals surface area contributed by atoms with Crippen molar-refractivity contribution in [3.05, 3.63) is 59.8 Å². The van der Waals surface area contributed by atoms with Gasteiger partial charge in [0, 0.05) is 49.4 Å². The molecule has 35 heavy (non-hydrogen) atoms. The van der Waals surface area contributed by atoms with E-state index in [0.29, 0.717) is 17.2 Å². The van der Waals surface area contributed by atoms with E-state index in [2.05, 4.69) is 25.5 Å². The summed E-state index contributed by atoms with van der Waals surface area (Å²) in [5, 5.41) is 23.9. The number of rotatable bonds is 11. The van der Waals surface area contributed by atoms with Crippen LogP contribution in [0.4, 0.5) is 5.82 Å². The Bertz CT molecular complexity index is 1080. The molecule has 0 aliphatic carbocycles. The standard InChI is InChI=1S/C26H38N8O/c1-18(2)19(14-27)13-25(29)33-26-5-4-23-24(32-26)12-20(17-31-23)21(15-28)16-30-8-3-9-34-10-6-22(35)7-11-34/h4-5,12-18,22,28,30,35H,3,6-11,27,29H2,1-2H3,(H,32,33)/b19-14+,21-16+,25-13+,28-15?. The van der Waals surface area contributed by atoms with Gasteiger partial charge >= 0.3 is 0 Å². The fourth-order valence-corrected chi connectivity index (χ4v) is 3.94. The van der Waals surface area contributed by atoms with Crippen LogP contribution >= 0.6 is 0 Å². The highest BCUT2D eigenvalue weighted by molar-refractivity contribution is 6.08. The summed E-state index contributed by atoms with van der Waals surface area (Å²) in [6.07, 6.45) is 10.9. The van der Waals surface area contributed by atoms with Gasteiger partial charge in [-0.2, -0.15) is 0 Å². The topological polar surface area (TPSA) is 149 Å². The average Bonchev–Trinajstić information content (AvgIpc) is 2.85. The van der Waals surface area contributed by atoms with E-state index in [1.165, 1.54) is 6.21 Å². The van der Waals surface area contributed by atoms with Crippen molar-refractivity contribution in [1.29, 1.82) is 5.41 Å². The van der Waals surface area contributed by atoms with Crippen LogP contribution in [0.25, 0.3) is 16.6 Å². The van der Waals surface area contributed by atoms with Gasteiger partial charge in [0.1, 0.15) is 11.6 Å². The summed E-state index contributed by atoms with van der Waals surface area (Å²) in [5.74, 6) is 1.32. The van der Waals surface area contributed by atoms with Gasteiger partial charge in [-0.1, -0.05) is 13.8 Å². The van der Waals surface area contributed by atoms with Crippen molar-refractivity contribution in [2.45, 2.75) is 39.2 Å². The number of nitrogens with two attached hydrogens (primary N) is 2. The number of pyridine rings is 2. The van der Waals surface area contributed by atoms with Crippen molar-refractivity contribution < 1.29 is 5.11 Å². The number of aliphatic hydroxyl groups is 1. The quantitative estimate of drug-likeness (QED) is 0.164. The van der Waals surface area contributed by atoms with Crippen LogP contribution in [0.15, 0.2) is 54.3 Å². The van der Waals surface area contributed by atoms with E-state index in [4.69, 9.17) is 16.9 Å². The molecule has 9 nitrogen and oxygen atoms in total. The second kappa shape index (κ2) is 12.9. The number of fused-ring (bicyclic) bond motifs is 1. The van der Waals surface area contributed by atoms with E-state index in [1.54, 1.807) is 18.5 Å². The summed E-state index contributed by atoms with van der Waals surface area (Å²) in [4.78, 5) is 11.5. The summed E-state index contributed by atoms with van der Waals surface area (Å²) in [7, 11) is 0. The number of anilines is 1. The van der Waals surface area contributed by atoms with Crippen LogP contribution in [0.5, 0.6) is 0 Å². The van der Waals surface area contributed by atoms with Crippen molar-refractivity contribution in [2.75, 3.05) is 31.5 Å². The third kappa shape index (κ3) is 7.80. The zero-order valence-corrected chi connectivity index (χ0v) is 20.7. The lowest BCUT2D eigenvalue weighted by molar-refractivity contribution is 0.0822. The minimum Gasteiger partial charge on any atom is -0.404 e. The molecule has 1 aliphatic rings. The lowest BCUT2D eigenvalue weighted by atomic mass is 10.0. The molecule has 0 amide bonds. The summed E-state index contributed by atoms with van der Waals surface area (Å²) >= 11 is 0. The van der Waals surface area contributed by atoms with Crippen LogP contribution in [0.2, 0.25) is 0 Å². The molecule has 1 saturated heterocycles. The van der Waals surface area contributed by atoms with Crippen LogP contribution in [0.3, 0.4) is 0 Å². The Labute approximate surface area is 207 Å². The molecule has 1 fully saturated rings. The minimum absolute atomic E-state index is 0.140. The molecule has 188 valence electrons. The van der Waals surface area contributed by atoms with Gasteiger partial charge in [0.2, 0.25) is 0 Å². The van der Waals surface area contributed by atoms with Gasteiger partial charge in [0.15, 0.2) is 0 Å². The Morgan fingerprint density at radius 3 is 2.74 bits per heavy atom. The van der Waals surface area contributed by atoms with Crippen LogP contribution in [0.1, 0.15) is 38.7 Å². The molecule has 3 rings (SSSR count). The Kier molecular flexibility index (Phi) is 9.63. The predicted molar refractivity (Wildman–Crippen MR) is 144 cm³/mol. The maximum absolute atomic E-state index is 9.62. The zero-order valence-electron chi connectivity index (χ0n) is 20.7. The first-order chi connectivity index (χ1) is 16.9. The molecule has 3 heterocycles. The highest BCUT2D eigenvalue weighted by Crippen LogP contribution is 2.19. The molecule has 0 atom stereocenters. The third-order valence-electron chi connectivity index (χ3n) is 6.09. The van der Waals surface area contributed by atoms with E-state index in [9.17, 15) is 5.11 Å². The van der Waals surface area contributed by atoms with Crippen LogP contribution < -0.4 is 22.1 Å². The molecule has 2 aromatic rings. The first-order valence-corrected chi connectivity index (χ1v) is 12.2. The van der Waals surface area contributed by atoms with Crippen molar-refractivity contribution in [2.24, 2.45) is 17.4 Å². The summed E-state index contributed by atoms with van der Waals surface area (Å²) in [5.41, 5.74) is 15.8. The lowest BCUT2D eigenvalue weighted by Crippen LogP contribution is -2.37. The van der Waals surface area contributed by atoms with E-state index in [0.717, 1.165) is 67.7 Å². The molecule has 0 bridgehead atoms. The Balaban J connectivity index is 1.63. The van der Waals surface area contributed by atoms with Crippen LogP contribution in [-0.2, 0) is 0 Å². The first kappa shape index (κ1) is 26.2. The largest absolute Gasteiger partial charge is 0.404 e. The molecule has 0 saturated carbocycles. The van der Waals surface area contributed by atoms with Crippen molar-refractivity contribution in [3.8, 4) is 0 Å². The Morgan fingerprint density at radius 1 is 1.29 bits per heavy atom. The number of aliphatic hydroxyl groups excluding tert-OH is 1. The van der Waals surface area contributed by atoms with Crippen LogP contribution in [-0.4, -0.2) is 58.5 Å². The van der Waals surface area contributed by atoms with E-state index in [-0.39, 0.29) is 12.0 Å². The Morgan fingerprint density at radius 2 is 2.06 bits per heavy atom. The monoisotopic (exact) mass is 478 g/mol. The smallest absolute Gasteiger partial charge is 0.132 e. The number of allylic oxidation sites excluding steroid dienone is 3. The SMILES string of the molecule is CC(C)C(=C/N)/C=C(\N)Nc1ccc2ncc(/C(C=N)=C/NCCCN3CCC(O)CC3)cc2n1. The number of nitrogens with zero attached hydrogens (tertiary/aromatic N) is 3. The number of nitrogens with one attached hydrogen (secondary N) is 3. The summed E-state index contributed by atoms with van der Waals surface area (Å²) < 4.78 is 0. The summed E-state index contributed by atoms with van der Waals surface area (Å²) in [6.45, 7) is 7.83. The second-order valence-electron chi connectivity index (χ2n) is 9.13. The van der Waals surface area contributed by atoms with Crippen molar-refractivity contribution >= 4 is 28.6 Å². The van der Waals surface area contributed by atoms with Crippen molar-refractivity contribution in [3.63, 3.8) is 0 Å². The van der Waals surface area contributed by atoms with Gasteiger partial charge < -0.3 is 37.5 Å². The molecule has 0 spiro atoms. The molecular weight excluding hydrogens is 440 g/mol. The molecule has 0 unspecified atom stereocenters. The summed E-state index contributed by atoms with van der Waals surface area (Å²) in [6, 6.07) is 5.63. The molecular formula is C26H38N8O. The molecule has 1 aliphatic heterocycles. The zero-order chi connectivity index (χ0) is 25.2. The number of hydrogen-bond donors (Lipinski definition) is 6. The maximum atomic E-state index is 9.62. The van der Waals surface area contributed by atoms with E-state index >= 15 is 0 Å². The van der Waals surface area contributed by atoms with Gasteiger partial charge in [-0.15, -0.1) is 0 Å². The number of hydrogen-bond acceptors (Lipinski definition) is 9. The normalized spacial score (nSPS) is 16.6. The lowest BCUT2D eigenvalue weighted by Gasteiger charge is -2.29. The van der Waals surface area contributed by atoms with Gasteiger partial charge in [-0.25, -0.2) is 4.98 Å². The Hall–Kier alpha value is -3.43. The fourth-order valence-electron chi connectivity index (χ4n) is 3.94. The van der Waals surface area contributed by atoms with Crippen molar-refractivity contribution in [1.82, 2.24) is 20.2 Å². The van der Waals surface area contributed by atoms with Gasteiger partial charge in [-0.3, -0.25) is 4.98 Å². The molecule has 8 N–H and O–H groups in total. The van der Waals surface area contributed by atoms with Gasteiger partial charge in [0.25, 0.3) is 0 Å². The van der Waals surface area contributed by atoms with Gasteiger partial charge in [0.05, 0.1) is 17.1 Å². The maximum Gasteiger partial charge on any atom is 0.132 e. The molecule has 0 aromatic carbocycles. The van der Waals surface area contributed by atoms with E-state index in [1.807, 2.05) is 38.2 Å². The molecule has 9 heteroatoms. The third-order valence-corrected chi connectivity index (χ3v) is 6.09. The average molecular weight is 479 g/mol. The molecule has 0 radical (unpaired) electrons. The number of piperidine rings is 1. The second-order valence-corrected chi connectivity index (χ2v) is 9.13.